The smallest absolute Gasteiger partial charge is 0.410 e. The van der Waals surface area contributed by atoms with Crippen LogP contribution in [0.25, 0.3) is 4.85 Å². The van der Waals surface area contributed by atoms with E-state index in [0.717, 1.165) is 25.8 Å². The van der Waals surface area contributed by atoms with Crippen LogP contribution in [-0.4, -0.2) is 35.7 Å². The molecule has 0 saturated carbocycles. The lowest BCUT2D eigenvalue weighted by atomic mass is 10.0. The van der Waals surface area contributed by atoms with Crippen LogP contribution in [0.5, 0.6) is 0 Å². The van der Waals surface area contributed by atoms with Gasteiger partial charge in [-0.15, -0.1) is 0 Å². The van der Waals surface area contributed by atoms with Gasteiger partial charge in [-0.3, -0.25) is 4.90 Å². The van der Waals surface area contributed by atoms with Crippen molar-refractivity contribution >= 4 is 6.09 Å². The zero-order valence-corrected chi connectivity index (χ0v) is 10.3. The first-order chi connectivity index (χ1) is 7.44. The Balaban J connectivity index is 2.61. The van der Waals surface area contributed by atoms with Crippen LogP contribution in [0.15, 0.2) is 0 Å². The second-order valence-electron chi connectivity index (χ2n) is 5.16. The van der Waals surface area contributed by atoms with Gasteiger partial charge in [-0.05, 0) is 40.0 Å². The van der Waals surface area contributed by atoms with Crippen molar-refractivity contribution in [3.8, 4) is 0 Å². The number of carbonyl (C=O) groups is 1. The molecule has 1 unspecified atom stereocenters. The Morgan fingerprint density at radius 1 is 1.50 bits per heavy atom. The van der Waals surface area contributed by atoms with E-state index in [2.05, 4.69) is 4.85 Å². The number of hydrogen-bond donors (Lipinski definition) is 0. The van der Waals surface area contributed by atoms with Crippen molar-refractivity contribution in [2.75, 3.05) is 13.1 Å². The second-order valence-corrected chi connectivity index (χ2v) is 5.16. The predicted octanol–water partition coefficient (Wildman–Crippen LogP) is 2.70. The van der Waals surface area contributed by atoms with Gasteiger partial charge in [0.1, 0.15) is 11.6 Å². The third-order valence-corrected chi connectivity index (χ3v) is 2.56. The normalized spacial score (nSPS) is 21.4. The highest BCUT2D eigenvalue weighted by Crippen LogP contribution is 2.20. The highest BCUT2D eigenvalue weighted by molar-refractivity contribution is 5.68. The van der Waals surface area contributed by atoms with Crippen molar-refractivity contribution in [1.29, 1.82) is 0 Å². The highest BCUT2D eigenvalue weighted by atomic mass is 16.6. The highest BCUT2D eigenvalue weighted by Gasteiger charge is 2.31. The molecule has 1 saturated heterocycles. The van der Waals surface area contributed by atoms with Crippen molar-refractivity contribution in [2.24, 2.45) is 0 Å². The molecule has 0 bridgehead atoms. The molecule has 1 aliphatic rings. The number of ether oxygens (including phenoxy) is 1. The minimum atomic E-state index is -0.461. The minimum Gasteiger partial charge on any atom is -0.444 e. The first-order valence-corrected chi connectivity index (χ1v) is 5.77. The molecule has 1 amide bonds. The van der Waals surface area contributed by atoms with E-state index in [0.29, 0.717) is 6.54 Å². The van der Waals surface area contributed by atoms with Crippen LogP contribution in [0.4, 0.5) is 4.79 Å². The van der Waals surface area contributed by atoms with Gasteiger partial charge in [0.25, 0.3) is 0 Å². The summed E-state index contributed by atoms with van der Waals surface area (Å²) in [5.41, 5.74) is -0.461. The maximum atomic E-state index is 11.9. The van der Waals surface area contributed by atoms with Crippen LogP contribution in [0.3, 0.4) is 0 Å². The molecule has 0 radical (unpaired) electrons. The number of piperidine rings is 1. The molecule has 90 valence electrons. The zero-order chi connectivity index (χ0) is 12.2. The van der Waals surface area contributed by atoms with Crippen molar-refractivity contribution in [1.82, 2.24) is 4.90 Å². The third kappa shape index (κ3) is 3.73. The van der Waals surface area contributed by atoms with Gasteiger partial charge in [0.15, 0.2) is 0 Å². The standard InChI is InChI=1S/C12H20N2O2/c1-12(2,3)16-11(15)14-8-6-5-7-10(14)9-13-4/h10H,5-9H2,1-3H3. The molecule has 0 aromatic heterocycles. The van der Waals surface area contributed by atoms with Crippen LogP contribution in [0.2, 0.25) is 0 Å². The number of rotatable bonds is 1. The van der Waals surface area contributed by atoms with Crippen LogP contribution < -0.4 is 0 Å². The topological polar surface area (TPSA) is 33.9 Å². The van der Waals surface area contributed by atoms with Crippen LogP contribution in [0, 0.1) is 6.57 Å². The fourth-order valence-electron chi connectivity index (χ4n) is 1.86. The van der Waals surface area contributed by atoms with Crippen LogP contribution in [0.1, 0.15) is 40.0 Å². The van der Waals surface area contributed by atoms with Crippen LogP contribution in [-0.2, 0) is 4.74 Å². The Morgan fingerprint density at radius 2 is 2.19 bits per heavy atom. The largest absolute Gasteiger partial charge is 0.444 e. The SMILES string of the molecule is [C-]#[N+]CC1CCCCN1C(=O)OC(C)(C)C. The van der Waals surface area contributed by atoms with Crippen molar-refractivity contribution in [3.05, 3.63) is 11.4 Å². The summed E-state index contributed by atoms with van der Waals surface area (Å²) in [6.45, 7) is 13.6. The first-order valence-electron chi connectivity index (χ1n) is 5.77. The number of hydrogen-bond acceptors (Lipinski definition) is 2. The van der Waals surface area contributed by atoms with Gasteiger partial charge in [0.2, 0.25) is 6.54 Å². The molecule has 1 aliphatic heterocycles. The minimum absolute atomic E-state index is 0.0427. The number of amides is 1. The Morgan fingerprint density at radius 3 is 2.75 bits per heavy atom. The van der Waals surface area contributed by atoms with Gasteiger partial charge in [-0.25, -0.2) is 11.4 Å². The molecule has 1 atom stereocenters. The van der Waals surface area contributed by atoms with E-state index in [1.807, 2.05) is 20.8 Å². The maximum Gasteiger partial charge on any atom is 0.410 e. The number of carbonyl (C=O) groups excluding carboxylic acids is 1. The number of nitrogens with zero attached hydrogens (tertiary/aromatic N) is 2. The van der Waals surface area contributed by atoms with Crippen molar-refractivity contribution < 1.29 is 9.53 Å². The summed E-state index contributed by atoms with van der Waals surface area (Å²) in [6.07, 6.45) is 2.75. The first kappa shape index (κ1) is 12.8. The predicted molar refractivity (Wildman–Crippen MR) is 62.0 cm³/mol. The summed E-state index contributed by atoms with van der Waals surface area (Å²) in [5.74, 6) is 0. The summed E-state index contributed by atoms with van der Waals surface area (Å²) in [6, 6.07) is 0.0427. The Bertz CT molecular complexity index is 288. The molecule has 0 aromatic rings. The monoisotopic (exact) mass is 224 g/mol. The molecule has 4 nitrogen and oxygen atoms in total. The Hall–Kier alpha value is -1.24. The molecule has 1 rings (SSSR count). The average molecular weight is 224 g/mol. The molecule has 4 heteroatoms. The van der Waals surface area contributed by atoms with Gasteiger partial charge >= 0.3 is 6.09 Å². The molecule has 0 spiro atoms. The molecule has 0 aromatic carbocycles. The third-order valence-electron chi connectivity index (χ3n) is 2.56. The van der Waals surface area contributed by atoms with Crippen molar-refractivity contribution in [3.63, 3.8) is 0 Å². The average Bonchev–Trinajstić information content (AvgIpc) is 2.16. The molecule has 1 fully saturated rings. The van der Waals surface area contributed by atoms with Crippen molar-refractivity contribution in [2.45, 2.75) is 51.7 Å². The van der Waals surface area contributed by atoms with E-state index < -0.39 is 5.60 Å². The molecule has 16 heavy (non-hydrogen) atoms. The summed E-state index contributed by atoms with van der Waals surface area (Å²) < 4.78 is 5.34. The summed E-state index contributed by atoms with van der Waals surface area (Å²) in [7, 11) is 0. The Kier molecular flexibility index (Phi) is 4.17. The van der Waals surface area contributed by atoms with E-state index in [-0.39, 0.29) is 12.1 Å². The van der Waals surface area contributed by atoms with Gasteiger partial charge < -0.3 is 9.58 Å². The summed E-state index contributed by atoms with van der Waals surface area (Å²) in [4.78, 5) is 17.0. The fraction of sp³-hybridized carbons (Fsp3) is 0.833. The number of likely N-dealkylation sites (tertiary alicyclic amines) is 1. The molecule has 1 heterocycles. The van der Waals surface area contributed by atoms with Gasteiger partial charge in [0, 0.05) is 6.54 Å². The summed E-state index contributed by atoms with van der Waals surface area (Å²) >= 11 is 0. The lowest BCUT2D eigenvalue weighted by Gasteiger charge is -2.34. The van der Waals surface area contributed by atoms with E-state index in [4.69, 9.17) is 11.3 Å². The Labute approximate surface area is 97.4 Å². The maximum absolute atomic E-state index is 11.9. The molecular formula is C12H20N2O2. The van der Waals surface area contributed by atoms with E-state index in [1.54, 1.807) is 4.90 Å². The lowest BCUT2D eigenvalue weighted by Crippen LogP contribution is -2.47. The van der Waals surface area contributed by atoms with Gasteiger partial charge in [-0.2, -0.15) is 0 Å². The van der Waals surface area contributed by atoms with E-state index in [9.17, 15) is 4.79 Å². The van der Waals surface area contributed by atoms with E-state index in [1.165, 1.54) is 0 Å². The van der Waals surface area contributed by atoms with Gasteiger partial charge in [0.05, 0.1) is 0 Å². The molecule has 0 aliphatic carbocycles. The fourth-order valence-corrected chi connectivity index (χ4v) is 1.86. The van der Waals surface area contributed by atoms with E-state index >= 15 is 0 Å². The zero-order valence-electron chi connectivity index (χ0n) is 10.3. The summed E-state index contributed by atoms with van der Waals surface area (Å²) in [5, 5.41) is 0. The molecular weight excluding hydrogens is 204 g/mol. The lowest BCUT2D eigenvalue weighted by molar-refractivity contribution is 0.0117. The van der Waals surface area contributed by atoms with Crippen LogP contribution >= 0.6 is 0 Å². The second kappa shape index (κ2) is 5.20. The molecule has 0 N–H and O–H groups in total. The van der Waals surface area contributed by atoms with Gasteiger partial charge in [-0.1, -0.05) is 0 Å². The quantitative estimate of drug-likeness (QED) is 0.642.